The summed E-state index contributed by atoms with van der Waals surface area (Å²) in [4.78, 5) is 25.4. The molecule has 1 aliphatic carbocycles. The molecular weight excluding hydrogens is 434 g/mol. The molecule has 1 aromatic carbocycles. The number of halogens is 3. The standard InChI is InChI=1S/C20H22F2N4O4.ClH/c21-14-16(23)13-17(26(10-3-4-10)8-12(19(13)27)30-20(28)29)15(22)18(14)25-6-9-2-1-5-24-11(9)7-25;/h8-11,24H,1-7,23H2,(H,28,29);1H/t9-,11+;/m0./s1. The first-order chi connectivity index (χ1) is 14.4. The zero-order valence-corrected chi connectivity index (χ0v) is 17.4. The van der Waals surface area contributed by atoms with E-state index in [2.05, 4.69) is 10.1 Å². The molecule has 168 valence electrons. The van der Waals surface area contributed by atoms with Crippen molar-refractivity contribution in [3.05, 3.63) is 28.1 Å². The molecule has 3 heterocycles. The van der Waals surface area contributed by atoms with Crippen molar-refractivity contribution in [2.45, 2.75) is 37.8 Å². The molecule has 2 aromatic rings. The van der Waals surface area contributed by atoms with Crippen molar-refractivity contribution >= 4 is 40.8 Å². The van der Waals surface area contributed by atoms with Crippen LogP contribution in [-0.2, 0) is 0 Å². The summed E-state index contributed by atoms with van der Waals surface area (Å²) in [5.41, 5.74) is 4.24. The molecule has 0 spiro atoms. The third-order valence-corrected chi connectivity index (χ3v) is 6.38. The van der Waals surface area contributed by atoms with E-state index in [1.807, 2.05) is 0 Å². The second kappa shape index (κ2) is 7.83. The maximum Gasteiger partial charge on any atom is 0.511 e. The van der Waals surface area contributed by atoms with Gasteiger partial charge in [-0.3, -0.25) is 4.79 Å². The Morgan fingerprint density at radius 2 is 1.97 bits per heavy atom. The smallest absolute Gasteiger partial charge is 0.449 e. The zero-order valence-electron chi connectivity index (χ0n) is 16.6. The lowest BCUT2D eigenvalue weighted by Crippen LogP contribution is -2.40. The van der Waals surface area contributed by atoms with E-state index in [0.717, 1.165) is 32.2 Å². The van der Waals surface area contributed by atoms with Gasteiger partial charge in [0, 0.05) is 25.2 Å². The molecular formula is C20H23ClF2N4O4. The van der Waals surface area contributed by atoms with E-state index in [0.29, 0.717) is 19.0 Å². The average Bonchev–Trinajstić information content (AvgIpc) is 3.46. The number of benzene rings is 1. The van der Waals surface area contributed by atoms with Crippen molar-refractivity contribution < 1.29 is 23.4 Å². The van der Waals surface area contributed by atoms with Crippen LogP contribution in [0.15, 0.2) is 11.0 Å². The number of carbonyl (C=O) groups is 1. The number of nitrogen functional groups attached to an aromatic ring is 1. The molecule has 3 fully saturated rings. The number of nitrogens with two attached hydrogens (primary N) is 1. The minimum absolute atomic E-state index is 0. The highest BCUT2D eigenvalue weighted by molar-refractivity contribution is 5.96. The maximum absolute atomic E-state index is 15.8. The van der Waals surface area contributed by atoms with Gasteiger partial charge in [0.05, 0.1) is 22.8 Å². The van der Waals surface area contributed by atoms with Crippen LogP contribution in [0.3, 0.4) is 0 Å². The first-order valence-corrected chi connectivity index (χ1v) is 10.1. The Labute approximate surface area is 182 Å². The van der Waals surface area contributed by atoms with Crippen molar-refractivity contribution in [1.29, 1.82) is 0 Å². The van der Waals surface area contributed by atoms with Gasteiger partial charge in [-0.05, 0) is 38.1 Å². The third-order valence-electron chi connectivity index (χ3n) is 6.38. The fourth-order valence-corrected chi connectivity index (χ4v) is 4.84. The van der Waals surface area contributed by atoms with E-state index in [1.54, 1.807) is 4.90 Å². The molecule has 1 aromatic heterocycles. The monoisotopic (exact) mass is 456 g/mol. The van der Waals surface area contributed by atoms with E-state index in [1.165, 1.54) is 10.8 Å². The minimum atomic E-state index is -1.68. The van der Waals surface area contributed by atoms with Crippen LogP contribution in [0.4, 0.5) is 25.0 Å². The van der Waals surface area contributed by atoms with Crippen LogP contribution >= 0.6 is 12.4 Å². The number of nitrogens with zero attached hydrogens (tertiary/aromatic N) is 2. The lowest BCUT2D eigenvalue weighted by atomic mass is 9.94. The summed E-state index contributed by atoms with van der Waals surface area (Å²) in [5.74, 6) is -2.06. The minimum Gasteiger partial charge on any atom is -0.449 e. The molecule has 2 atom stereocenters. The van der Waals surface area contributed by atoms with Crippen LogP contribution in [0.5, 0.6) is 5.75 Å². The second-order valence-corrected chi connectivity index (χ2v) is 8.31. The molecule has 8 nitrogen and oxygen atoms in total. The first-order valence-electron chi connectivity index (χ1n) is 10.1. The molecule has 0 bridgehead atoms. The van der Waals surface area contributed by atoms with Crippen LogP contribution in [0, 0.1) is 17.6 Å². The van der Waals surface area contributed by atoms with Crippen molar-refractivity contribution in [2.24, 2.45) is 5.92 Å². The number of rotatable bonds is 3. The number of hydrogen-bond acceptors (Lipinski definition) is 6. The van der Waals surface area contributed by atoms with Gasteiger partial charge in [0.25, 0.3) is 0 Å². The molecule has 5 rings (SSSR count). The van der Waals surface area contributed by atoms with Crippen LogP contribution < -0.4 is 26.1 Å². The average molecular weight is 457 g/mol. The Morgan fingerprint density at radius 1 is 1.23 bits per heavy atom. The number of nitrogens with one attached hydrogen (secondary N) is 1. The molecule has 3 aliphatic rings. The predicted octanol–water partition coefficient (Wildman–Crippen LogP) is 2.86. The summed E-state index contributed by atoms with van der Waals surface area (Å²) >= 11 is 0. The van der Waals surface area contributed by atoms with Crippen molar-refractivity contribution in [1.82, 2.24) is 9.88 Å². The largest absolute Gasteiger partial charge is 0.511 e. The van der Waals surface area contributed by atoms with Gasteiger partial charge in [0.1, 0.15) is 5.69 Å². The van der Waals surface area contributed by atoms with Gasteiger partial charge in [-0.2, -0.15) is 0 Å². The molecule has 0 radical (unpaired) electrons. The number of carboxylic acid groups (broad SMARTS) is 1. The summed E-state index contributed by atoms with van der Waals surface area (Å²) in [6.07, 6.45) is 2.97. The lowest BCUT2D eigenvalue weighted by Gasteiger charge is -2.24. The van der Waals surface area contributed by atoms with Gasteiger partial charge >= 0.3 is 6.16 Å². The SMILES string of the molecule is Cl.Nc1c(F)c(N2C[C@@H]3CCCN[C@@H]3C2)c(F)c2c1c(=O)c(OC(=O)O)cn2C1CC1. The van der Waals surface area contributed by atoms with Crippen LogP contribution in [0.25, 0.3) is 10.9 Å². The molecule has 31 heavy (non-hydrogen) atoms. The quantitative estimate of drug-likeness (QED) is 0.481. The maximum atomic E-state index is 15.8. The predicted molar refractivity (Wildman–Crippen MR) is 113 cm³/mol. The van der Waals surface area contributed by atoms with Crippen LogP contribution in [-0.4, -0.2) is 41.5 Å². The topological polar surface area (TPSA) is 110 Å². The Morgan fingerprint density at radius 3 is 2.61 bits per heavy atom. The Kier molecular flexibility index (Phi) is 5.47. The van der Waals surface area contributed by atoms with Gasteiger partial charge in [-0.25, -0.2) is 13.6 Å². The zero-order chi connectivity index (χ0) is 21.2. The number of ether oxygens (including phenoxy) is 1. The third kappa shape index (κ3) is 3.47. The van der Waals surface area contributed by atoms with E-state index in [4.69, 9.17) is 10.8 Å². The van der Waals surface area contributed by atoms with Crippen molar-refractivity contribution in [3.63, 3.8) is 0 Å². The molecule has 0 amide bonds. The summed E-state index contributed by atoms with van der Waals surface area (Å²) in [6.45, 7) is 1.84. The van der Waals surface area contributed by atoms with Gasteiger partial charge in [-0.15, -0.1) is 12.4 Å². The van der Waals surface area contributed by atoms with E-state index in [-0.39, 0.29) is 41.1 Å². The number of aromatic nitrogens is 1. The fraction of sp³-hybridized carbons (Fsp3) is 0.500. The number of piperidine rings is 1. The molecule has 2 aliphatic heterocycles. The summed E-state index contributed by atoms with van der Waals surface area (Å²) < 4.78 is 37.1. The van der Waals surface area contributed by atoms with Gasteiger partial charge < -0.3 is 30.4 Å². The molecule has 0 unspecified atom stereocenters. The number of fused-ring (bicyclic) bond motifs is 2. The van der Waals surface area contributed by atoms with E-state index >= 15 is 8.78 Å². The molecule has 2 saturated heterocycles. The highest BCUT2D eigenvalue weighted by Crippen LogP contribution is 2.43. The Hall–Kier alpha value is -2.59. The summed E-state index contributed by atoms with van der Waals surface area (Å²) in [5, 5.41) is 11.9. The first kappa shape index (κ1) is 21.6. The van der Waals surface area contributed by atoms with Crippen molar-refractivity contribution in [2.75, 3.05) is 30.3 Å². The van der Waals surface area contributed by atoms with E-state index < -0.39 is 34.7 Å². The second-order valence-electron chi connectivity index (χ2n) is 8.31. The Bertz CT molecular complexity index is 1110. The summed E-state index contributed by atoms with van der Waals surface area (Å²) in [6, 6.07) is 0.0331. The van der Waals surface area contributed by atoms with Crippen LogP contribution in [0.1, 0.15) is 31.7 Å². The summed E-state index contributed by atoms with van der Waals surface area (Å²) in [7, 11) is 0. The molecule has 11 heteroatoms. The van der Waals surface area contributed by atoms with Crippen LogP contribution in [0.2, 0.25) is 0 Å². The van der Waals surface area contributed by atoms with Gasteiger partial charge in [-0.1, -0.05) is 0 Å². The van der Waals surface area contributed by atoms with Gasteiger partial charge in [0.2, 0.25) is 5.43 Å². The highest BCUT2D eigenvalue weighted by Gasteiger charge is 2.39. The number of hydrogen-bond donors (Lipinski definition) is 3. The fourth-order valence-electron chi connectivity index (χ4n) is 4.84. The number of pyridine rings is 1. The van der Waals surface area contributed by atoms with E-state index in [9.17, 15) is 9.59 Å². The Balaban J connectivity index is 0.00000231. The normalized spacial score (nSPS) is 22.8. The molecule has 4 N–H and O–H groups in total. The van der Waals surface area contributed by atoms with Crippen molar-refractivity contribution in [3.8, 4) is 5.75 Å². The number of anilines is 2. The highest BCUT2D eigenvalue weighted by atomic mass is 35.5. The van der Waals surface area contributed by atoms with Gasteiger partial charge in [0.15, 0.2) is 17.4 Å². The molecule has 1 saturated carbocycles. The lowest BCUT2D eigenvalue weighted by molar-refractivity contribution is 0.143.